The number of phenolic OH excluding ortho intramolecular Hbond substituents is 1. The van der Waals surface area contributed by atoms with Crippen LogP contribution in [-0.4, -0.2) is 34.4 Å². The lowest BCUT2D eigenvalue weighted by molar-refractivity contribution is 0.0657. The van der Waals surface area contributed by atoms with Crippen molar-refractivity contribution in [3.63, 3.8) is 0 Å². The molecule has 1 aromatic rings. The van der Waals surface area contributed by atoms with Crippen LogP contribution in [0.3, 0.4) is 0 Å². The topological polar surface area (TPSA) is 40.5 Å². The summed E-state index contributed by atoms with van der Waals surface area (Å²) in [6.45, 7) is 3.74. The van der Waals surface area contributed by atoms with Gasteiger partial charge >= 0.3 is 0 Å². The first-order valence-electron chi connectivity index (χ1n) is 5.12. The summed E-state index contributed by atoms with van der Waals surface area (Å²) >= 11 is 9.05. The second kappa shape index (κ2) is 5.27. The third kappa shape index (κ3) is 3.13. The highest BCUT2D eigenvalue weighted by atomic mass is 79.9. The molecule has 0 aliphatic carbocycles. The molecule has 0 aromatic heterocycles. The van der Waals surface area contributed by atoms with Gasteiger partial charge < -0.3 is 10.0 Å². The summed E-state index contributed by atoms with van der Waals surface area (Å²) in [4.78, 5) is 13.7. The first-order valence-corrected chi connectivity index (χ1v) is 6.45. The summed E-state index contributed by atoms with van der Waals surface area (Å²) in [5.74, 6) is 0.0363. The Morgan fingerprint density at radius 3 is 2.59 bits per heavy atom. The largest absolute Gasteiger partial charge is 0.507 e. The molecule has 1 rings (SSSR count). The fourth-order valence-electron chi connectivity index (χ4n) is 1.23. The first-order chi connectivity index (χ1) is 7.79. The number of halogens is 2. The third-order valence-corrected chi connectivity index (χ3v) is 3.88. The molecular formula is C12H15BrClNO2. The van der Waals surface area contributed by atoms with E-state index in [1.807, 2.05) is 13.8 Å². The Labute approximate surface area is 115 Å². The Balaban J connectivity index is 3.05. The number of carbonyl (C=O) groups is 1. The standard InChI is InChI=1S/C12H15BrClNO2/c1-12(2,7-14)15(3)11(17)9-5-4-8(13)6-10(9)16/h4-6,16H,7H2,1-3H3. The molecule has 0 radical (unpaired) electrons. The molecular weight excluding hydrogens is 305 g/mol. The zero-order chi connectivity index (χ0) is 13.2. The Kier molecular flexibility index (Phi) is 4.44. The number of carbonyl (C=O) groups excluding carboxylic acids is 1. The Bertz CT molecular complexity index is 435. The zero-order valence-electron chi connectivity index (χ0n) is 10.00. The van der Waals surface area contributed by atoms with Crippen LogP contribution >= 0.6 is 27.5 Å². The molecule has 1 N–H and O–H groups in total. The molecule has 1 aromatic carbocycles. The lowest BCUT2D eigenvalue weighted by Gasteiger charge is -2.34. The number of rotatable bonds is 3. The van der Waals surface area contributed by atoms with E-state index in [0.29, 0.717) is 5.88 Å². The molecule has 0 unspecified atom stereocenters. The van der Waals surface area contributed by atoms with Gasteiger partial charge in [0.2, 0.25) is 0 Å². The van der Waals surface area contributed by atoms with Crippen LogP contribution in [0.15, 0.2) is 22.7 Å². The molecule has 1 amide bonds. The number of phenols is 1. The van der Waals surface area contributed by atoms with Gasteiger partial charge in [-0.25, -0.2) is 0 Å². The molecule has 5 heteroatoms. The van der Waals surface area contributed by atoms with Crippen molar-refractivity contribution in [1.82, 2.24) is 4.90 Å². The van der Waals surface area contributed by atoms with E-state index in [4.69, 9.17) is 11.6 Å². The number of aromatic hydroxyl groups is 1. The van der Waals surface area contributed by atoms with Gasteiger partial charge in [0, 0.05) is 17.4 Å². The molecule has 0 spiro atoms. The van der Waals surface area contributed by atoms with E-state index in [1.54, 1.807) is 19.2 Å². The molecule has 0 heterocycles. The number of hydrogen-bond acceptors (Lipinski definition) is 2. The monoisotopic (exact) mass is 319 g/mol. The Morgan fingerprint density at radius 1 is 1.53 bits per heavy atom. The molecule has 0 fully saturated rings. The molecule has 0 bridgehead atoms. The predicted octanol–water partition coefficient (Wildman–Crippen LogP) is 3.24. The summed E-state index contributed by atoms with van der Waals surface area (Å²) < 4.78 is 0.728. The van der Waals surface area contributed by atoms with E-state index < -0.39 is 5.54 Å². The van der Waals surface area contributed by atoms with Crippen LogP contribution in [0.5, 0.6) is 5.75 Å². The maximum Gasteiger partial charge on any atom is 0.257 e. The van der Waals surface area contributed by atoms with Crippen LogP contribution < -0.4 is 0 Å². The number of alkyl halides is 1. The fraction of sp³-hybridized carbons (Fsp3) is 0.417. The lowest BCUT2D eigenvalue weighted by atomic mass is 10.0. The average molecular weight is 321 g/mol. The van der Waals surface area contributed by atoms with Crippen molar-refractivity contribution in [2.24, 2.45) is 0 Å². The second-order valence-electron chi connectivity index (χ2n) is 4.47. The second-order valence-corrected chi connectivity index (χ2v) is 5.65. The van der Waals surface area contributed by atoms with Gasteiger partial charge in [-0.3, -0.25) is 4.79 Å². The first kappa shape index (κ1) is 14.3. The van der Waals surface area contributed by atoms with Crippen molar-refractivity contribution in [2.75, 3.05) is 12.9 Å². The average Bonchev–Trinajstić information content (AvgIpc) is 2.27. The molecule has 0 aliphatic rings. The molecule has 3 nitrogen and oxygen atoms in total. The summed E-state index contributed by atoms with van der Waals surface area (Å²) in [5, 5.41) is 9.74. The lowest BCUT2D eigenvalue weighted by Crippen LogP contribution is -2.46. The van der Waals surface area contributed by atoms with Crippen LogP contribution in [0.4, 0.5) is 0 Å². The van der Waals surface area contributed by atoms with Gasteiger partial charge in [-0.1, -0.05) is 15.9 Å². The van der Waals surface area contributed by atoms with Gasteiger partial charge in [-0.05, 0) is 32.0 Å². The normalized spacial score (nSPS) is 11.4. The van der Waals surface area contributed by atoms with Gasteiger partial charge in [0.05, 0.1) is 11.1 Å². The highest BCUT2D eigenvalue weighted by Crippen LogP contribution is 2.25. The van der Waals surface area contributed by atoms with E-state index >= 15 is 0 Å². The van der Waals surface area contributed by atoms with Crippen LogP contribution in [0, 0.1) is 0 Å². The molecule has 0 atom stereocenters. The minimum atomic E-state index is -0.460. The van der Waals surface area contributed by atoms with E-state index in [0.717, 1.165) is 4.47 Å². The van der Waals surface area contributed by atoms with Crippen molar-refractivity contribution in [1.29, 1.82) is 0 Å². The van der Waals surface area contributed by atoms with Gasteiger partial charge in [0.25, 0.3) is 5.91 Å². The molecule has 0 saturated heterocycles. The Morgan fingerprint density at radius 2 is 2.12 bits per heavy atom. The van der Waals surface area contributed by atoms with Crippen LogP contribution in [-0.2, 0) is 0 Å². The smallest absolute Gasteiger partial charge is 0.257 e. The minimum Gasteiger partial charge on any atom is -0.507 e. The highest BCUT2D eigenvalue weighted by molar-refractivity contribution is 9.10. The van der Waals surface area contributed by atoms with Crippen molar-refractivity contribution in [2.45, 2.75) is 19.4 Å². The molecule has 0 saturated carbocycles. The van der Waals surface area contributed by atoms with E-state index in [1.165, 1.54) is 11.0 Å². The zero-order valence-corrected chi connectivity index (χ0v) is 12.3. The molecule has 94 valence electrons. The number of amides is 1. The molecule has 17 heavy (non-hydrogen) atoms. The van der Waals surface area contributed by atoms with Crippen LogP contribution in [0.2, 0.25) is 0 Å². The quantitative estimate of drug-likeness (QED) is 0.869. The maximum atomic E-state index is 12.2. The van der Waals surface area contributed by atoms with Gasteiger partial charge in [-0.15, -0.1) is 11.6 Å². The van der Waals surface area contributed by atoms with Gasteiger partial charge in [0.15, 0.2) is 0 Å². The van der Waals surface area contributed by atoms with E-state index in [-0.39, 0.29) is 17.2 Å². The SMILES string of the molecule is CN(C(=O)c1ccc(Br)cc1O)C(C)(C)CCl. The van der Waals surface area contributed by atoms with Crippen molar-refractivity contribution >= 4 is 33.4 Å². The summed E-state index contributed by atoms with van der Waals surface area (Å²) in [7, 11) is 1.67. The van der Waals surface area contributed by atoms with Gasteiger partial charge in [-0.2, -0.15) is 0 Å². The third-order valence-electron chi connectivity index (χ3n) is 2.73. The summed E-state index contributed by atoms with van der Waals surface area (Å²) in [5.41, 5.74) is -0.188. The van der Waals surface area contributed by atoms with E-state index in [2.05, 4.69) is 15.9 Å². The maximum absolute atomic E-state index is 12.2. The minimum absolute atomic E-state index is 0.0402. The number of hydrogen-bond donors (Lipinski definition) is 1. The number of benzene rings is 1. The summed E-state index contributed by atoms with van der Waals surface area (Å²) in [6.07, 6.45) is 0. The fourth-order valence-corrected chi connectivity index (χ4v) is 1.76. The van der Waals surface area contributed by atoms with Crippen molar-refractivity contribution in [3.05, 3.63) is 28.2 Å². The summed E-state index contributed by atoms with van der Waals surface area (Å²) in [6, 6.07) is 4.80. The highest BCUT2D eigenvalue weighted by Gasteiger charge is 2.28. The predicted molar refractivity (Wildman–Crippen MR) is 72.7 cm³/mol. The van der Waals surface area contributed by atoms with Gasteiger partial charge in [0.1, 0.15) is 5.75 Å². The number of nitrogens with zero attached hydrogens (tertiary/aromatic N) is 1. The van der Waals surface area contributed by atoms with Crippen molar-refractivity contribution < 1.29 is 9.90 Å². The van der Waals surface area contributed by atoms with E-state index in [9.17, 15) is 9.90 Å². The van der Waals surface area contributed by atoms with Crippen LogP contribution in [0.1, 0.15) is 24.2 Å². The Hall–Kier alpha value is -0.740. The van der Waals surface area contributed by atoms with Crippen molar-refractivity contribution in [3.8, 4) is 5.75 Å². The van der Waals surface area contributed by atoms with Crippen LogP contribution in [0.25, 0.3) is 0 Å². The molecule has 0 aliphatic heterocycles.